The Morgan fingerprint density at radius 2 is 1.77 bits per heavy atom. The number of rotatable bonds is 6. The number of halogens is 1. The van der Waals surface area contributed by atoms with Gasteiger partial charge in [0.05, 0.1) is 0 Å². The third-order valence-electron chi connectivity index (χ3n) is 5.58. The van der Waals surface area contributed by atoms with Gasteiger partial charge in [0, 0.05) is 56.2 Å². The van der Waals surface area contributed by atoms with Crippen molar-refractivity contribution in [2.24, 2.45) is 0 Å². The maximum atomic E-state index is 12.7. The van der Waals surface area contributed by atoms with Gasteiger partial charge in [-0.1, -0.05) is 41.4 Å². The minimum atomic E-state index is 0.142. The van der Waals surface area contributed by atoms with Gasteiger partial charge in [-0.2, -0.15) is 0 Å². The van der Waals surface area contributed by atoms with Gasteiger partial charge in [0.15, 0.2) is 0 Å². The van der Waals surface area contributed by atoms with Gasteiger partial charge < -0.3 is 9.32 Å². The molecule has 0 atom stereocenters. The van der Waals surface area contributed by atoms with Crippen molar-refractivity contribution in [1.82, 2.24) is 20.0 Å². The standard InChI is InChI=1S/C24H27ClN4O2/c1-18-3-7-20(8-4-18)24-27-26-22(31-24)11-12-23(30)29-14-2-13-28(15-16-29)17-19-5-9-21(25)10-6-19/h3-10H,2,11-17H2,1H3. The van der Waals surface area contributed by atoms with Crippen molar-refractivity contribution in [3.05, 3.63) is 70.6 Å². The summed E-state index contributed by atoms with van der Waals surface area (Å²) >= 11 is 5.97. The molecule has 31 heavy (non-hydrogen) atoms. The van der Waals surface area contributed by atoms with Gasteiger partial charge in [0.2, 0.25) is 17.7 Å². The van der Waals surface area contributed by atoms with E-state index >= 15 is 0 Å². The highest BCUT2D eigenvalue weighted by molar-refractivity contribution is 6.30. The molecule has 162 valence electrons. The number of aryl methyl sites for hydroxylation is 2. The Morgan fingerprint density at radius 1 is 1.00 bits per heavy atom. The Kier molecular flexibility index (Phi) is 6.99. The molecule has 0 unspecified atom stereocenters. The second-order valence-electron chi connectivity index (χ2n) is 8.00. The van der Waals surface area contributed by atoms with Crippen LogP contribution in [0.3, 0.4) is 0 Å². The lowest BCUT2D eigenvalue weighted by Crippen LogP contribution is -2.35. The summed E-state index contributed by atoms with van der Waals surface area (Å²) in [5.74, 6) is 1.14. The molecule has 0 saturated carbocycles. The van der Waals surface area contributed by atoms with Crippen LogP contribution in [0.2, 0.25) is 5.02 Å². The normalized spacial score (nSPS) is 15.1. The van der Waals surface area contributed by atoms with Crippen molar-refractivity contribution in [2.75, 3.05) is 26.2 Å². The summed E-state index contributed by atoms with van der Waals surface area (Å²) in [6.07, 6.45) is 1.81. The minimum Gasteiger partial charge on any atom is -0.421 e. The zero-order valence-electron chi connectivity index (χ0n) is 17.8. The van der Waals surface area contributed by atoms with Crippen molar-refractivity contribution in [3.63, 3.8) is 0 Å². The van der Waals surface area contributed by atoms with Crippen LogP contribution >= 0.6 is 11.6 Å². The molecule has 1 aliphatic heterocycles. The summed E-state index contributed by atoms with van der Waals surface area (Å²) in [6, 6.07) is 15.9. The molecule has 1 saturated heterocycles. The predicted octanol–water partition coefficient (Wildman–Crippen LogP) is 4.37. The lowest BCUT2D eigenvalue weighted by Gasteiger charge is -2.22. The number of nitrogens with zero attached hydrogens (tertiary/aromatic N) is 4. The van der Waals surface area contributed by atoms with Crippen LogP contribution in [-0.2, 0) is 17.8 Å². The molecular formula is C24H27ClN4O2. The predicted molar refractivity (Wildman–Crippen MR) is 121 cm³/mol. The molecule has 4 rings (SSSR count). The first-order chi connectivity index (χ1) is 15.1. The van der Waals surface area contributed by atoms with E-state index in [1.54, 1.807) is 0 Å². The first kappa shape index (κ1) is 21.5. The Bertz CT molecular complexity index is 1000. The molecule has 0 N–H and O–H groups in total. The Morgan fingerprint density at radius 3 is 2.55 bits per heavy atom. The lowest BCUT2D eigenvalue weighted by molar-refractivity contribution is -0.131. The van der Waals surface area contributed by atoms with Crippen LogP contribution in [0.4, 0.5) is 0 Å². The number of carbonyl (C=O) groups is 1. The SMILES string of the molecule is Cc1ccc(-c2nnc(CCC(=O)N3CCCN(Cc4ccc(Cl)cc4)CC3)o2)cc1. The average molecular weight is 439 g/mol. The highest BCUT2D eigenvalue weighted by Crippen LogP contribution is 2.19. The Balaban J connectivity index is 1.26. The summed E-state index contributed by atoms with van der Waals surface area (Å²) in [5, 5.41) is 8.98. The third kappa shape index (κ3) is 5.93. The molecular weight excluding hydrogens is 412 g/mol. The summed E-state index contributed by atoms with van der Waals surface area (Å²) in [5.41, 5.74) is 3.31. The van der Waals surface area contributed by atoms with Crippen molar-refractivity contribution in [2.45, 2.75) is 32.7 Å². The van der Waals surface area contributed by atoms with Gasteiger partial charge >= 0.3 is 0 Å². The molecule has 0 spiro atoms. The van der Waals surface area contributed by atoms with E-state index in [0.29, 0.717) is 24.6 Å². The number of amides is 1. The second-order valence-corrected chi connectivity index (χ2v) is 8.44. The van der Waals surface area contributed by atoms with Crippen molar-refractivity contribution in [1.29, 1.82) is 0 Å². The molecule has 0 bridgehead atoms. The van der Waals surface area contributed by atoms with E-state index in [0.717, 1.165) is 49.7 Å². The molecule has 0 aliphatic carbocycles. The highest BCUT2D eigenvalue weighted by Gasteiger charge is 2.20. The number of hydrogen-bond donors (Lipinski definition) is 0. The molecule has 6 nitrogen and oxygen atoms in total. The quantitative estimate of drug-likeness (QED) is 0.572. The molecule has 2 aromatic carbocycles. The largest absolute Gasteiger partial charge is 0.421 e. The van der Waals surface area contributed by atoms with Gasteiger partial charge in [-0.25, -0.2) is 0 Å². The van der Waals surface area contributed by atoms with E-state index in [4.69, 9.17) is 16.0 Å². The Hall–Kier alpha value is -2.70. The van der Waals surface area contributed by atoms with Crippen LogP contribution in [0.5, 0.6) is 0 Å². The van der Waals surface area contributed by atoms with Gasteiger partial charge in [0.1, 0.15) is 0 Å². The topological polar surface area (TPSA) is 62.5 Å². The van der Waals surface area contributed by atoms with Crippen LogP contribution in [0.15, 0.2) is 52.9 Å². The first-order valence-electron chi connectivity index (χ1n) is 10.7. The monoisotopic (exact) mass is 438 g/mol. The smallest absolute Gasteiger partial charge is 0.247 e. The molecule has 1 amide bonds. The summed E-state index contributed by atoms with van der Waals surface area (Å²) in [4.78, 5) is 17.1. The van der Waals surface area contributed by atoms with E-state index < -0.39 is 0 Å². The van der Waals surface area contributed by atoms with E-state index in [9.17, 15) is 4.79 Å². The molecule has 1 aliphatic rings. The third-order valence-corrected chi connectivity index (χ3v) is 5.83. The van der Waals surface area contributed by atoms with Crippen molar-refractivity contribution in [3.8, 4) is 11.5 Å². The zero-order valence-corrected chi connectivity index (χ0v) is 18.5. The molecule has 1 aromatic heterocycles. The second kappa shape index (κ2) is 10.1. The molecule has 2 heterocycles. The van der Waals surface area contributed by atoms with Gasteiger partial charge in [-0.3, -0.25) is 9.69 Å². The van der Waals surface area contributed by atoms with Gasteiger partial charge in [-0.05, 0) is 43.2 Å². The van der Waals surface area contributed by atoms with Crippen LogP contribution in [0.25, 0.3) is 11.5 Å². The number of carbonyl (C=O) groups excluding carboxylic acids is 1. The Labute approximate surface area is 187 Å². The fraction of sp³-hybridized carbons (Fsp3) is 0.375. The summed E-state index contributed by atoms with van der Waals surface area (Å²) < 4.78 is 5.75. The fourth-order valence-corrected chi connectivity index (χ4v) is 3.89. The fourth-order valence-electron chi connectivity index (χ4n) is 3.77. The number of aromatic nitrogens is 2. The molecule has 7 heteroatoms. The van der Waals surface area contributed by atoms with Crippen molar-refractivity contribution >= 4 is 17.5 Å². The van der Waals surface area contributed by atoms with E-state index in [-0.39, 0.29) is 5.91 Å². The van der Waals surface area contributed by atoms with Gasteiger partial charge in [-0.15, -0.1) is 10.2 Å². The number of benzene rings is 2. The maximum absolute atomic E-state index is 12.7. The van der Waals surface area contributed by atoms with Crippen LogP contribution < -0.4 is 0 Å². The van der Waals surface area contributed by atoms with Gasteiger partial charge in [0.25, 0.3) is 0 Å². The van der Waals surface area contributed by atoms with Crippen LogP contribution in [-0.4, -0.2) is 52.1 Å². The first-order valence-corrected chi connectivity index (χ1v) is 11.1. The minimum absolute atomic E-state index is 0.142. The summed E-state index contributed by atoms with van der Waals surface area (Å²) in [7, 11) is 0. The maximum Gasteiger partial charge on any atom is 0.247 e. The van der Waals surface area contributed by atoms with E-state index in [1.165, 1.54) is 11.1 Å². The molecule has 0 radical (unpaired) electrons. The number of hydrogen-bond acceptors (Lipinski definition) is 5. The lowest BCUT2D eigenvalue weighted by atomic mass is 10.1. The molecule has 3 aromatic rings. The van der Waals surface area contributed by atoms with Crippen molar-refractivity contribution < 1.29 is 9.21 Å². The van der Waals surface area contributed by atoms with E-state index in [1.807, 2.05) is 48.2 Å². The highest BCUT2D eigenvalue weighted by atomic mass is 35.5. The summed E-state index contributed by atoms with van der Waals surface area (Å²) in [6.45, 7) is 6.29. The van der Waals surface area contributed by atoms with Crippen LogP contribution in [0, 0.1) is 6.92 Å². The van der Waals surface area contributed by atoms with E-state index in [2.05, 4.69) is 27.2 Å². The van der Waals surface area contributed by atoms with Crippen LogP contribution in [0.1, 0.15) is 29.9 Å². The molecule has 1 fully saturated rings. The average Bonchev–Trinajstić information content (AvgIpc) is 3.13. The zero-order chi connectivity index (χ0) is 21.6.